The summed E-state index contributed by atoms with van der Waals surface area (Å²) in [6.45, 7) is 3.93. The van der Waals surface area contributed by atoms with Crippen LogP contribution in [0.15, 0.2) is 48.2 Å². The Labute approximate surface area is 174 Å². The number of ether oxygens (including phenoxy) is 2. The molecule has 0 unspecified atom stereocenters. The third-order valence-electron chi connectivity index (χ3n) is 5.25. The van der Waals surface area contributed by atoms with Crippen LogP contribution in [0.2, 0.25) is 5.02 Å². The lowest BCUT2D eigenvalue weighted by Crippen LogP contribution is -2.40. The number of rotatable bonds is 4. The number of anilines is 1. The van der Waals surface area contributed by atoms with Crippen LogP contribution in [0.1, 0.15) is 11.1 Å². The molecule has 2 amide bonds. The van der Waals surface area contributed by atoms with Gasteiger partial charge >= 0.3 is 0 Å². The summed E-state index contributed by atoms with van der Waals surface area (Å²) in [5, 5.41) is 0.508. The Kier molecular flexibility index (Phi) is 5.30. The molecule has 0 radical (unpaired) electrons. The average molecular weight is 413 g/mol. The van der Waals surface area contributed by atoms with E-state index in [2.05, 4.69) is 0 Å². The molecule has 0 N–H and O–H groups in total. The van der Waals surface area contributed by atoms with Crippen molar-refractivity contribution >= 4 is 34.7 Å². The fraction of sp³-hybridized carbons (Fsp3) is 0.273. The maximum Gasteiger partial charge on any atom is 0.282 e. The van der Waals surface area contributed by atoms with E-state index in [0.29, 0.717) is 65.2 Å². The summed E-state index contributed by atoms with van der Waals surface area (Å²) in [5.74, 6) is -0.0123. The zero-order valence-corrected chi connectivity index (χ0v) is 17.0. The zero-order valence-electron chi connectivity index (χ0n) is 16.3. The zero-order chi connectivity index (χ0) is 20.5. The van der Waals surface area contributed by atoms with Crippen LogP contribution in [-0.2, 0) is 14.3 Å². The summed E-state index contributed by atoms with van der Waals surface area (Å²) >= 11 is 6.26. The monoisotopic (exact) mass is 412 g/mol. The lowest BCUT2D eigenvalue weighted by atomic mass is 10.0. The third kappa shape index (κ3) is 3.39. The van der Waals surface area contributed by atoms with Gasteiger partial charge in [-0.3, -0.25) is 9.59 Å². The normalized spacial score (nSPS) is 17.3. The number of carbonyl (C=O) groups excluding carboxylic acids is 2. The molecular formula is C22H21ClN2O4. The summed E-state index contributed by atoms with van der Waals surface area (Å²) in [6.07, 6.45) is 0. The fourth-order valence-electron chi connectivity index (χ4n) is 3.67. The van der Waals surface area contributed by atoms with E-state index in [4.69, 9.17) is 21.1 Å². The molecule has 1 saturated heterocycles. The first kappa shape index (κ1) is 19.5. The molecular weight excluding hydrogens is 392 g/mol. The number of benzene rings is 2. The van der Waals surface area contributed by atoms with Crippen molar-refractivity contribution in [2.75, 3.05) is 38.3 Å². The van der Waals surface area contributed by atoms with Crippen molar-refractivity contribution in [2.45, 2.75) is 6.92 Å². The molecule has 29 heavy (non-hydrogen) atoms. The minimum atomic E-state index is -0.355. The van der Waals surface area contributed by atoms with Crippen LogP contribution in [0.3, 0.4) is 0 Å². The molecule has 4 rings (SSSR count). The highest BCUT2D eigenvalue weighted by Gasteiger charge is 2.43. The number of hydrogen-bond acceptors (Lipinski definition) is 5. The Morgan fingerprint density at radius 2 is 1.69 bits per heavy atom. The van der Waals surface area contributed by atoms with E-state index >= 15 is 0 Å². The van der Waals surface area contributed by atoms with Crippen molar-refractivity contribution in [3.05, 3.63) is 64.3 Å². The van der Waals surface area contributed by atoms with Crippen LogP contribution in [0, 0.1) is 6.92 Å². The van der Waals surface area contributed by atoms with E-state index < -0.39 is 0 Å². The Hall–Kier alpha value is -2.83. The van der Waals surface area contributed by atoms with Gasteiger partial charge in [0.2, 0.25) is 0 Å². The summed E-state index contributed by atoms with van der Waals surface area (Å²) in [6, 6.07) is 12.4. The smallest absolute Gasteiger partial charge is 0.282 e. The molecule has 2 aliphatic rings. The van der Waals surface area contributed by atoms with Gasteiger partial charge in [-0.05, 0) is 42.3 Å². The maximum absolute atomic E-state index is 13.5. The number of imide groups is 1. The number of methoxy groups -OCH3 is 1. The molecule has 2 aliphatic heterocycles. The third-order valence-corrected chi connectivity index (χ3v) is 5.65. The SMILES string of the molecule is COc1ccc(C2=C(N3CCOCC3)C(=O)N(c3cccc(Cl)c3C)C2=O)cc1. The first-order valence-corrected chi connectivity index (χ1v) is 9.76. The van der Waals surface area contributed by atoms with Crippen molar-refractivity contribution in [1.82, 2.24) is 4.90 Å². The van der Waals surface area contributed by atoms with Gasteiger partial charge in [-0.1, -0.05) is 29.8 Å². The number of halogens is 1. The second kappa shape index (κ2) is 7.89. The van der Waals surface area contributed by atoms with Crippen LogP contribution in [0.25, 0.3) is 5.57 Å². The van der Waals surface area contributed by atoms with E-state index in [1.54, 1.807) is 56.5 Å². The largest absolute Gasteiger partial charge is 0.497 e. The topological polar surface area (TPSA) is 59.1 Å². The predicted molar refractivity (Wildman–Crippen MR) is 111 cm³/mol. The van der Waals surface area contributed by atoms with Crippen LogP contribution >= 0.6 is 11.6 Å². The van der Waals surface area contributed by atoms with Crippen molar-refractivity contribution in [2.24, 2.45) is 0 Å². The molecule has 2 aromatic carbocycles. The Morgan fingerprint density at radius 1 is 1.00 bits per heavy atom. The van der Waals surface area contributed by atoms with Crippen LogP contribution in [-0.4, -0.2) is 50.1 Å². The lowest BCUT2D eigenvalue weighted by Gasteiger charge is -2.29. The minimum Gasteiger partial charge on any atom is -0.497 e. The van der Waals surface area contributed by atoms with E-state index in [9.17, 15) is 9.59 Å². The van der Waals surface area contributed by atoms with Crippen molar-refractivity contribution < 1.29 is 19.1 Å². The summed E-state index contributed by atoms with van der Waals surface area (Å²) in [5.41, 5.74) is 2.66. The van der Waals surface area contributed by atoms with E-state index in [-0.39, 0.29) is 11.8 Å². The number of hydrogen-bond donors (Lipinski definition) is 0. The van der Waals surface area contributed by atoms with Gasteiger partial charge in [-0.15, -0.1) is 0 Å². The summed E-state index contributed by atoms with van der Waals surface area (Å²) < 4.78 is 10.7. The van der Waals surface area contributed by atoms with Gasteiger partial charge in [0.25, 0.3) is 11.8 Å². The average Bonchev–Trinajstić information content (AvgIpc) is 3.01. The highest BCUT2D eigenvalue weighted by atomic mass is 35.5. The molecule has 0 aliphatic carbocycles. The summed E-state index contributed by atoms with van der Waals surface area (Å²) in [7, 11) is 1.58. The quantitative estimate of drug-likeness (QED) is 0.721. The van der Waals surface area contributed by atoms with Crippen molar-refractivity contribution in [3.8, 4) is 5.75 Å². The highest BCUT2D eigenvalue weighted by molar-refractivity contribution is 6.46. The molecule has 0 atom stereocenters. The van der Waals surface area contributed by atoms with Crippen LogP contribution < -0.4 is 9.64 Å². The number of morpholine rings is 1. The lowest BCUT2D eigenvalue weighted by molar-refractivity contribution is -0.121. The molecule has 0 saturated carbocycles. The Morgan fingerprint density at radius 3 is 2.34 bits per heavy atom. The predicted octanol–water partition coefficient (Wildman–Crippen LogP) is 3.27. The van der Waals surface area contributed by atoms with Crippen LogP contribution in [0.5, 0.6) is 5.75 Å². The van der Waals surface area contributed by atoms with E-state index in [1.165, 1.54) is 4.90 Å². The number of carbonyl (C=O) groups is 2. The molecule has 0 spiro atoms. The van der Waals surface area contributed by atoms with Crippen molar-refractivity contribution in [1.29, 1.82) is 0 Å². The maximum atomic E-state index is 13.5. The second-order valence-electron chi connectivity index (χ2n) is 6.88. The molecule has 2 aromatic rings. The van der Waals surface area contributed by atoms with Gasteiger partial charge in [-0.25, -0.2) is 4.90 Å². The van der Waals surface area contributed by atoms with Gasteiger partial charge in [0.05, 0.1) is 31.6 Å². The Balaban J connectivity index is 1.84. The molecule has 150 valence electrons. The van der Waals surface area contributed by atoms with Gasteiger partial charge in [0.15, 0.2) is 0 Å². The highest BCUT2D eigenvalue weighted by Crippen LogP contribution is 2.38. The molecule has 1 fully saturated rings. The number of nitrogens with zero attached hydrogens (tertiary/aromatic N) is 2. The van der Waals surface area contributed by atoms with Crippen molar-refractivity contribution in [3.63, 3.8) is 0 Å². The van der Waals surface area contributed by atoms with Gasteiger partial charge < -0.3 is 14.4 Å². The van der Waals surface area contributed by atoms with Gasteiger partial charge in [0.1, 0.15) is 11.4 Å². The first-order chi connectivity index (χ1) is 14.0. The van der Waals surface area contributed by atoms with Crippen LogP contribution in [0.4, 0.5) is 5.69 Å². The molecule has 0 aromatic heterocycles. The second-order valence-corrected chi connectivity index (χ2v) is 7.29. The molecule has 7 heteroatoms. The Bertz CT molecular complexity index is 994. The summed E-state index contributed by atoms with van der Waals surface area (Å²) in [4.78, 5) is 30.1. The molecule has 0 bridgehead atoms. The first-order valence-electron chi connectivity index (χ1n) is 9.38. The fourth-order valence-corrected chi connectivity index (χ4v) is 3.84. The minimum absolute atomic E-state index is 0.340. The standard InChI is InChI=1S/C22H21ClN2O4/c1-14-17(23)4-3-5-18(14)25-21(26)19(15-6-8-16(28-2)9-7-15)20(22(25)27)24-10-12-29-13-11-24/h3-9H,10-13H2,1-2H3. The molecule has 6 nitrogen and oxygen atoms in total. The van der Waals surface area contributed by atoms with E-state index in [1.807, 2.05) is 4.90 Å². The van der Waals surface area contributed by atoms with E-state index in [0.717, 1.165) is 0 Å². The molecule has 2 heterocycles. The van der Waals surface area contributed by atoms with Gasteiger partial charge in [-0.2, -0.15) is 0 Å². The van der Waals surface area contributed by atoms with Gasteiger partial charge in [0, 0.05) is 18.1 Å². The number of amides is 2.